The van der Waals surface area contributed by atoms with E-state index in [1.807, 2.05) is 20.2 Å². The van der Waals surface area contributed by atoms with Crippen LogP contribution in [0.3, 0.4) is 0 Å². The van der Waals surface area contributed by atoms with Crippen LogP contribution < -0.4 is 10.1 Å². The van der Waals surface area contributed by atoms with Gasteiger partial charge < -0.3 is 15.0 Å². The zero-order valence-electron chi connectivity index (χ0n) is 11.0. The maximum Gasteiger partial charge on any atom is 0.255 e. The van der Waals surface area contributed by atoms with E-state index in [4.69, 9.17) is 4.74 Å². The topological polar surface area (TPSA) is 41.6 Å². The Bertz CT molecular complexity index is 408. The van der Waals surface area contributed by atoms with Gasteiger partial charge in [0.2, 0.25) is 0 Å². The van der Waals surface area contributed by atoms with Gasteiger partial charge in [-0.3, -0.25) is 4.79 Å². The number of amides is 1. The maximum absolute atomic E-state index is 12.0. The quantitative estimate of drug-likeness (QED) is 0.818. The molecule has 0 aromatic heterocycles. The van der Waals surface area contributed by atoms with Gasteiger partial charge in [-0.05, 0) is 45.3 Å². The van der Waals surface area contributed by atoms with Crippen LogP contribution in [-0.2, 0) is 0 Å². The minimum Gasteiger partial charge on any atom is -0.496 e. The monoisotopic (exact) mass is 314 g/mol. The number of carbonyl (C=O) groups excluding carboxylic acids is 1. The van der Waals surface area contributed by atoms with Crippen LogP contribution in [-0.4, -0.2) is 45.1 Å². The average Bonchev–Trinajstić information content (AvgIpc) is 2.33. The fourth-order valence-corrected chi connectivity index (χ4v) is 1.89. The molecule has 0 aliphatic rings. The lowest BCUT2D eigenvalue weighted by atomic mass is 10.2. The van der Waals surface area contributed by atoms with Gasteiger partial charge in [-0.1, -0.05) is 15.9 Å². The summed E-state index contributed by atoms with van der Waals surface area (Å²) in [5.41, 5.74) is 0.561. The third-order valence-electron chi connectivity index (χ3n) is 2.48. The molecule has 18 heavy (non-hydrogen) atoms. The molecule has 1 N–H and O–H groups in total. The first-order valence-corrected chi connectivity index (χ1v) is 6.60. The number of halogens is 1. The van der Waals surface area contributed by atoms with E-state index >= 15 is 0 Å². The number of methoxy groups -OCH3 is 1. The predicted octanol–water partition coefficient (Wildman–Crippen LogP) is 2.14. The van der Waals surface area contributed by atoms with Crippen LogP contribution in [0.15, 0.2) is 22.7 Å². The van der Waals surface area contributed by atoms with Crippen molar-refractivity contribution in [2.75, 3.05) is 34.3 Å². The first-order chi connectivity index (χ1) is 8.54. The lowest BCUT2D eigenvalue weighted by Crippen LogP contribution is -2.27. The SMILES string of the molecule is COc1cc(Br)ccc1C(=O)NCCCN(C)C. The van der Waals surface area contributed by atoms with E-state index in [2.05, 4.69) is 26.1 Å². The molecule has 1 aromatic carbocycles. The summed E-state index contributed by atoms with van der Waals surface area (Å²) in [4.78, 5) is 14.1. The summed E-state index contributed by atoms with van der Waals surface area (Å²) in [6, 6.07) is 5.37. The van der Waals surface area contributed by atoms with E-state index in [0.717, 1.165) is 17.4 Å². The van der Waals surface area contributed by atoms with Crippen molar-refractivity contribution in [1.82, 2.24) is 10.2 Å². The minimum atomic E-state index is -0.0990. The van der Waals surface area contributed by atoms with Crippen molar-refractivity contribution >= 4 is 21.8 Å². The van der Waals surface area contributed by atoms with Crippen molar-refractivity contribution in [3.05, 3.63) is 28.2 Å². The first-order valence-electron chi connectivity index (χ1n) is 5.81. The second kappa shape index (κ2) is 7.38. The summed E-state index contributed by atoms with van der Waals surface area (Å²) >= 11 is 3.35. The highest BCUT2D eigenvalue weighted by Crippen LogP contribution is 2.23. The van der Waals surface area contributed by atoms with Crippen molar-refractivity contribution in [3.8, 4) is 5.75 Å². The molecule has 0 aliphatic heterocycles. The molecule has 100 valence electrons. The van der Waals surface area contributed by atoms with Crippen molar-refractivity contribution in [3.63, 3.8) is 0 Å². The molecule has 0 saturated carbocycles. The van der Waals surface area contributed by atoms with Crippen LogP contribution >= 0.6 is 15.9 Å². The molecule has 0 radical (unpaired) electrons. The Labute approximate surface area is 116 Å². The average molecular weight is 315 g/mol. The molecule has 0 spiro atoms. The van der Waals surface area contributed by atoms with Crippen molar-refractivity contribution in [2.45, 2.75) is 6.42 Å². The molecule has 4 nitrogen and oxygen atoms in total. The maximum atomic E-state index is 12.0. The largest absolute Gasteiger partial charge is 0.496 e. The molecule has 0 unspecified atom stereocenters. The summed E-state index contributed by atoms with van der Waals surface area (Å²) in [7, 11) is 5.59. The number of rotatable bonds is 6. The van der Waals surface area contributed by atoms with E-state index in [1.165, 1.54) is 0 Å². The molecule has 0 bridgehead atoms. The van der Waals surface area contributed by atoms with Crippen LogP contribution in [0, 0.1) is 0 Å². The summed E-state index contributed by atoms with van der Waals surface area (Å²) in [6.07, 6.45) is 0.928. The lowest BCUT2D eigenvalue weighted by Gasteiger charge is -2.11. The molecule has 0 fully saturated rings. The number of ether oxygens (including phenoxy) is 1. The zero-order chi connectivity index (χ0) is 13.5. The van der Waals surface area contributed by atoms with Crippen LogP contribution in [0.2, 0.25) is 0 Å². The van der Waals surface area contributed by atoms with Crippen LogP contribution in [0.4, 0.5) is 0 Å². The summed E-state index contributed by atoms with van der Waals surface area (Å²) < 4.78 is 6.08. The zero-order valence-corrected chi connectivity index (χ0v) is 12.6. The summed E-state index contributed by atoms with van der Waals surface area (Å²) in [6.45, 7) is 1.62. The molecule has 0 heterocycles. The number of carbonyl (C=O) groups is 1. The number of benzene rings is 1. The molecular weight excluding hydrogens is 296 g/mol. The molecule has 0 saturated heterocycles. The smallest absolute Gasteiger partial charge is 0.255 e. The third-order valence-corrected chi connectivity index (χ3v) is 2.97. The van der Waals surface area contributed by atoms with Gasteiger partial charge in [0.15, 0.2) is 0 Å². The predicted molar refractivity (Wildman–Crippen MR) is 76.2 cm³/mol. The Morgan fingerprint density at radius 3 is 2.78 bits per heavy atom. The molecule has 1 aromatic rings. The Morgan fingerprint density at radius 2 is 2.17 bits per heavy atom. The van der Waals surface area contributed by atoms with Gasteiger partial charge >= 0.3 is 0 Å². The first kappa shape index (κ1) is 15.0. The molecular formula is C13H19BrN2O2. The van der Waals surface area contributed by atoms with Gasteiger partial charge in [0.1, 0.15) is 5.75 Å². The Hall–Kier alpha value is -1.07. The number of nitrogens with one attached hydrogen (secondary N) is 1. The molecule has 1 amide bonds. The number of hydrogen-bond donors (Lipinski definition) is 1. The second-order valence-electron chi connectivity index (χ2n) is 4.26. The standard InChI is InChI=1S/C13H19BrN2O2/c1-16(2)8-4-7-15-13(17)11-6-5-10(14)9-12(11)18-3/h5-6,9H,4,7-8H2,1-3H3,(H,15,17). The van der Waals surface area contributed by atoms with E-state index in [0.29, 0.717) is 17.9 Å². The van der Waals surface area contributed by atoms with Gasteiger partial charge in [0.05, 0.1) is 12.7 Å². The highest BCUT2D eigenvalue weighted by Gasteiger charge is 2.11. The van der Waals surface area contributed by atoms with Crippen molar-refractivity contribution in [2.24, 2.45) is 0 Å². The number of hydrogen-bond acceptors (Lipinski definition) is 3. The third kappa shape index (κ3) is 4.66. The highest BCUT2D eigenvalue weighted by molar-refractivity contribution is 9.10. The summed E-state index contributed by atoms with van der Waals surface area (Å²) in [5.74, 6) is 0.479. The van der Waals surface area contributed by atoms with Gasteiger partial charge in [-0.25, -0.2) is 0 Å². The van der Waals surface area contributed by atoms with Crippen molar-refractivity contribution < 1.29 is 9.53 Å². The van der Waals surface area contributed by atoms with Gasteiger partial charge in [0.25, 0.3) is 5.91 Å². The van der Waals surface area contributed by atoms with E-state index in [9.17, 15) is 4.79 Å². The minimum absolute atomic E-state index is 0.0990. The molecule has 1 rings (SSSR count). The Morgan fingerprint density at radius 1 is 1.44 bits per heavy atom. The van der Waals surface area contributed by atoms with Gasteiger partial charge in [-0.15, -0.1) is 0 Å². The van der Waals surface area contributed by atoms with Crippen molar-refractivity contribution in [1.29, 1.82) is 0 Å². The van der Waals surface area contributed by atoms with Crippen LogP contribution in [0.25, 0.3) is 0 Å². The Balaban J connectivity index is 2.56. The van der Waals surface area contributed by atoms with E-state index in [-0.39, 0.29) is 5.91 Å². The second-order valence-corrected chi connectivity index (χ2v) is 5.17. The summed E-state index contributed by atoms with van der Waals surface area (Å²) in [5, 5.41) is 2.89. The van der Waals surface area contributed by atoms with Crippen LogP contribution in [0.5, 0.6) is 5.75 Å². The van der Waals surface area contributed by atoms with Gasteiger partial charge in [0, 0.05) is 11.0 Å². The van der Waals surface area contributed by atoms with Crippen LogP contribution in [0.1, 0.15) is 16.8 Å². The number of nitrogens with zero attached hydrogens (tertiary/aromatic N) is 1. The molecule has 5 heteroatoms. The van der Waals surface area contributed by atoms with E-state index in [1.54, 1.807) is 19.2 Å². The molecule has 0 atom stereocenters. The van der Waals surface area contributed by atoms with E-state index < -0.39 is 0 Å². The highest BCUT2D eigenvalue weighted by atomic mass is 79.9. The van der Waals surface area contributed by atoms with Gasteiger partial charge in [-0.2, -0.15) is 0 Å². The fourth-order valence-electron chi connectivity index (χ4n) is 1.55. The fraction of sp³-hybridized carbons (Fsp3) is 0.462. The normalized spacial score (nSPS) is 10.5. The molecule has 0 aliphatic carbocycles. The lowest BCUT2D eigenvalue weighted by molar-refractivity contribution is 0.0949. The Kier molecular flexibility index (Phi) is 6.15.